The van der Waals surface area contributed by atoms with Crippen LogP contribution in [0.25, 0.3) is 0 Å². The van der Waals surface area contributed by atoms with Crippen molar-refractivity contribution in [1.29, 1.82) is 0 Å². The fourth-order valence-electron chi connectivity index (χ4n) is 0. The maximum atomic E-state index is 5.42. The van der Waals surface area contributed by atoms with Gasteiger partial charge in [0.2, 0.25) is 0 Å². The molecule has 37 valence electrons. The molecule has 0 unspecified atom stereocenters. The lowest BCUT2D eigenvalue weighted by Crippen LogP contribution is -2.10. The molecule has 0 rings (SSSR count). The molecule has 0 aliphatic rings. The van der Waals surface area contributed by atoms with Crippen LogP contribution < -0.4 is 0 Å². The Morgan fingerprint density at radius 2 is 1.50 bits per heavy atom. The van der Waals surface area contributed by atoms with Crippen molar-refractivity contribution >= 4 is 32.0 Å². The van der Waals surface area contributed by atoms with Crippen molar-refractivity contribution in [3.8, 4) is 0 Å². The summed E-state index contributed by atoms with van der Waals surface area (Å²) in [7, 11) is -0.421. The molecular formula is C3H7Cl2Si. The lowest BCUT2D eigenvalue weighted by molar-refractivity contribution is 1.73. The smallest absolute Gasteiger partial charge is 0.0949 e. The quantitative estimate of drug-likeness (QED) is 0.388. The number of hydrogen-bond donors (Lipinski definition) is 0. The second-order valence-electron chi connectivity index (χ2n) is 1.38. The zero-order chi connectivity index (χ0) is 5.15. The molecule has 0 aromatic rings. The molecule has 0 atom stereocenters. The molecule has 0 aromatic heterocycles. The van der Waals surface area contributed by atoms with Gasteiger partial charge in [-0.05, 0) is 0 Å². The van der Waals surface area contributed by atoms with Crippen LogP contribution in [0.15, 0.2) is 0 Å². The molecule has 0 aliphatic heterocycles. The Bertz CT molecular complexity index is 29.8. The molecule has 0 spiro atoms. The van der Waals surface area contributed by atoms with Gasteiger partial charge in [-0.15, -0.1) is 23.2 Å². The van der Waals surface area contributed by atoms with E-state index in [1.54, 1.807) is 0 Å². The van der Waals surface area contributed by atoms with Crippen LogP contribution in [0.2, 0.25) is 13.1 Å². The highest BCUT2D eigenvalue weighted by atomic mass is 35.5. The molecule has 0 heterocycles. The van der Waals surface area contributed by atoms with Crippen LogP contribution in [-0.4, -0.2) is 13.3 Å². The Morgan fingerprint density at radius 3 is 1.50 bits per heavy atom. The highest BCUT2D eigenvalue weighted by Crippen LogP contribution is 2.04. The van der Waals surface area contributed by atoms with Crippen molar-refractivity contribution in [1.82, 2.24) is 0 Å². The minimum Gasteiger partial charge on any atom is -0.110 e. The summed E-state index contributed by atoms with van der Waals surface area (Å²) in [4.78, 5) is 0. The van der Waals surface area contributed by atoms with E-state index in [9.17, 15) is 0 Å². The minimum atomic E-state index is -0.421. The molecule has 0 bridgehead atoms. The lowest BCUT2D eigenvalue weighted by Gasteiger charge is -1.97. The molecule has 1 radical (unpaired) electrons. The van der Waals surface area contributed by atoms with E-state index in [2.05, 4.69) is 13.1 Å². The average molecular weight is 142 g/mol. The van der Waals surface area contributed by atoms with E-state index in [1.165, 1.54) is 0 Å². The molecule has 0 fully saturated rings. The first kappa shape index (κ1) is 6.80. The predicted molar refractivity (Wildman–Crippen MR) is 33.0 cm³/mol. The van der Waals surface area contributed by atoms with Gasteiger partial charge in [-0.2, -0.15) is 0 Å². The molecule has 0 saturated carbocycles. The number of alkyl halides is 2. The van der Waals surface area contributed by atoms with Crippen LogP contribution in [0, 0.1) is 0 Å². The summed E-state index contributed by atoms with van der Waals surface area (Å²) in [6, 6.07) is 0. The van der Waals surface area contributed by atoms with Crippen LogP contribution in [-0.2, 0) is 0 Å². The molecule has 0 amide bonds. The number of halogens is 2. The first-order chi connectivity index (χ1) is 2.64. The first-order valence-corrected chi connectivity index (χ1v) is 5.18. The molecule has 0 aromatic carbocycles. The first-order valence-electron chi connectivity index (χ1n) is 1.73. The average Bonchev–Trinajstić information content (AvgIpc) is 1.36. The van der Waals surface area contributed by atoms with Gasteiger partial charge < -0.3 is 0 Å². The van der Waals surface area contributed by atoms with E-state index in [-0.39, 0.29) is 4.46 Å². The molecular weight excluding hydrogens is 135 g/mol. The molecule has 6 heavy (non-hydrogen) atoms. The monoisotopic (exact) mass is 141 g/mol. The standard InChI is InChI=1S/C3H7Cl2Si/c1-6(2)3(4)5/h3H,1-2H3. The Morgan fingerprint density at radius 1 is 1.33 bits per heavy atom. The van der Waals surface area contributed by atoms with E-state index in [0.29, 0.717) is 0 Å². The molecule has 0 saturated heterocycles. The summed E-state index contributed by atoms with van der Waals surface area (Å²) in [5, 5.41) is 0. The van der Waals surface area contributed by atoms with Crippen LogP contribution in [0.5, 0.6) is 0 Å². The van der Waals surface area contributed by atoms with Crippen molar-refractivity contribution < 1.29 is 0 Å². The van der Waals surface area contributed by atoms with E-state index >= 15 is 0 Å². The van der Waals surface area contributed by atoms with E-state index < -0.39 is 8.80 Å². The Kier molecular flexibility index (Phi) is 3.27. The summed E-state index contributed by atoms with van der Waals surface area (Å²) in [5.41, 5.74) is 0. The molecule has 3 heteroatoms. The summed E-state index contributed by atoms with van der Waals surface area (Å²) >= 11 is 10.8. The fraction of sp³-hybridized carbons (Fsp3) is 1.00. The van der Waals surface area contributed by atoms with Crippen LogP contribution in [0.3, 0.4) is 0 Å². The molecule has 0 aliphatic carbocycles. The third-order valence-corrected chi connectivity index (χ3v) is 3.93. The van der Waals surface area contributed by atoms with Gasteiger partial charge in [0.1, 0.15) is 0 Å². The summed E-state index contributed by atoms with van der Waals surface area (Å²) in [6.45, 7) is 4.16. The zero-order valence-corrected chi connectivity index (χ0v) is 6.35. The van der Waals surface area contributed by atoms with Gasteiger partial charge in [-0.3, -0.25) is 0 Å². The lowest BCUT2D eigenvalue weighted by atomic mass is 11.8. The van der Waals surface area contributed by atoms with Gasteiger partial charge in [0.15, 0.2) is 0 Å². The molecule has 0 nitrogen and oxygen atoms in total. The van der Waals surface area contributed by atoms with E-state index in [0.717, 1.165) is 0 Å². The van der Waals surface area contributed by atoms with Crippen LogP contribution in [0.4, 0.5) is 0 Å². The summed E-state index contributed by atoms with van der Waals surface area (Å²) in [6.07, 6.45) is 0. The van der Waals surface area contributed by atoms with Crippen LogP contribution in [0.1, 0.15) is 0 Å². The van der Waals surface area contributed by atoms with Crippen molar-refractivity contribution in [2.75, 3.05) is 0 Å². The van der Waals surface area contributed by atoms with E-state index in [4.69, 9.17) is 23.2 Å². The topological polar surface area (TPSA) is 0 Å². The highest BCUT2D eigenvalue weighted by Gasteiger charge is 2.03. The maximum absolute atomic E-state index is 5.42. The normalized spacial score (nSPS) is 11.0. The van der Waals surface area contributed by atoms with Gasteiger partial charge in [0.05, 0.1) is 13.3 Å². The third kappa shape index (κ3) is 3.01. The number of rotatable bonds is 1. The maximum Gasteiger partial charge on any atom is 0.0949 e. The van der Waals surface area contributed by atoms with Gasteiger partial charge in [0.25, 0.3) is 0 Å². The second kappa shape index (κ2) is 2.89. The van der Waals surface area contributed by atoms with Gasteiger partial charge in [-0.25, -0.2) is 0 Å². The van der Waals surface area contributed by atoms with Crippen LogP contribution >= 0.6 is 23.2 Å². The second-order valence-corrected chi connectivity index (χ2v) is 5.94. The Balaban J connectivity index is 2.99. The fourth-order valence-corrected chi connectivity index (χ4v) is 0. The molecule has 0 N–H and O–H groups in total. The summed E-state index contributed by atoms with van der Waals surface area (Å²) < 4.78 is -0.102. The largest absolute Gasteiger partial charge is 0.110 e. The van der Waals surface area contributed by atoms with Crippen molar-refractivity contribution in [2.45, 2.75) is 17.6 Å². The zero-order valence-electron chi connectivity index (χ0n) is 3.83. The van der Waals surface area contributed by atoms with Gasteiger partial charge in [-0.1, -0.05) is 13.1 Å². The predicted octanol–water partition coefficient (Wildman–Crippen LogP) is 2.08. The SMILES string of the molecule is C[Si](C)C(Cl)Cl. The van der Waals surface area contributed by atoms with Gasteiger partial charge >= 0.3 is 0 Å². The van der Waals surface area contributed by atoms with E-state index in [1.807, 2.05) is 0 Å². The van der Waals surface area contributed by atoms with Crippen molar-refractivity contribution in [3.05, 3.63) is 0 Å². The highest BCUT2D eigenvalue weighted by molar-refractivity contribution is 6.78. The Hall–Kier alpha value is 0.797. The minimum absolute atomic E-state index is 0.102. The van der Waals surface area contributed by atoms with Gasteiger partial charge in [0, 0.05) is 0 Å². The van der Waals surface area contributed by atoms with Crippen molar-refractivity contribution in [3.63, 3.8) is 0 Å². The Labute approximate surface area is 50.1 Å². The number of hydrogen-bond acceptors (Lipinski definition) is 0. The summed E-state index contributed by atoms with van der Waals surface area (Å²) in [5.74, 6) is 0. The van der Waals surface area contributed by atoms with Crippen molar-refractivity contribution in [2.24, 2.45) is 0 Å². The third-order valence-electron chi connectivity index (χ3n) is 0.436.